The SMILES string of the molecule is C.C=CC(=O)Cl.C=CC(=O)N1CCN(C)CC1.CN1CCN(C(=O)/C=C/c2cnc3oc4c(N5CCOCC5)nc(-c5cccc6[nH]ccc56)nc4c3c2)CC1.CN1CCN(C(=O)/C=C/c2cnc3oc4c(N5CCOCC5)nc(Cl)nc4c3c2)CC1.CN1CCNCC1.Clc1nc(N2CCOCC2)c2oc3ncc(Br)cc3c2n1.F.OB(O)c1cccc2[nH]ccc12. The number of H-pyrrole nitrogens is 2. The van der Waals surface area contributed by atoms with Gasteiger partial charge < -0.3 is 102 Å². The summed E-state index contributed by atoms with van der Waals surface area (Å²) >= 11 is 20.4. The molecule has 7 saturated heterocycles. The Kier molecular flexibility index (Phi) is 34.4. The molecule has 7 aliphatic heterocycles. The number of benzene rings is 2. The number of piperazine rings is 4. The van der Waals surface area contributed by atoms with E-state index >= 15 is 0 Å². The van der Waals surface area contributed by atoms with Gasteiger partial charge in [0.2, 0.25) is 50.7 Å². The van der Waals surface area contributed by atoms with Crippen LogP contribution in [-0.2, 0) is 33.4 Å². The highest BCUT2D eigenvalue weighted by Crippen LogP contribution is 2.39. The number of carbonyl (C=O) groups excluding carboxylic acids is 4. The summed E-state index contributed by atoms with van der Waals surface area (Å²) in [6.07, 6.45) is 18.0. The van der Waals surface area contributed by atoms with Gasteiger partial charge in [-0.3, -0.25) is 23.9 Å². The highest BCUT2D eigenvalue weighted by atomic mass is 79.9. The average Bonchev–Trinajstić information content (AvgIpc) is 1.60. The first-order valence-corrected chi connectivity index (χ1v) is 43.4. The highest BCUT2D eigenvalue weighted by molar-refractivity contribution is 9.10. The summed E-state index contributed by atoms with van der Waals surface area (Å²) in [7, 11) is 6.96. The molecule has 13 aromatic rings. The second kappa shape index (κ2) is 45.8. The molecule has 0 unspecified atom stereocenters. The van der Waals surface area contributed by atoms with Gasteiger partial charge in [-0.05, 0) is 168 Å². The molecule has 128 heavy (non-hydrogen) atoms. The lowest BCUT2D eigenvalue weighted by atomic mass is 9.78. The molecule has 11 aromatic heterocycles. The minimum atomic E-state index is -1.40. The lowest BCUT2D eigenvalue weighted by Crippen LogP contribution is -2.46. The molecule has 0 saturated carbocycles. The van der Waals surface area contributed by atoms with Crippen molar-refractivity contribution in [2.45, 2.75) is 7.43 Å². The quantitative estimate of drug-likeness (QED) is 0.0348. The Hall–Kier alpha value is -11.0. The smallest absolute Gasteiger partial charge is 0.432 e. The Morgan fingerprint density at radius 1 is 0.469 bits per heavy atom. The third kappa shape index (κ3) is 24.3. The standard InChI is InChI=1S/C29H29N7O3.C21H23ClN6O3.C13H10BrClN4O2.C8H8BNO2.C8H14N2O.C5H12N2.C3H3ClO.CH4.FH/c1-34-9-11-35(12-10-34)24(37)6-5-19-17-22-25-26(39-29(22)31-18-19)28(36-13-15-38-16-14-36)33-27(32-25)21-3-2-4-23-20(21)7-8-30-23;1-26-4-6-27(7-5-26)16(29)3-2-14-12-15-17-18(31-20(15)23-13-14)19(25-21(22)24-17)28-8-10-30-11-9-28;14-7-5-8-9-10(21-12(8)16-6-7)11(18-13(15)17-9)19-1-3-20-4-2-19;11-9(12)7-2-1-3-8-6(7)4-5-10-8;1-3-8(11)10-6-4-9(2)5-7-10;1-7-4-2-6-3-5-7;1-2-3(4)5;;/h2-8,17-18,30H,9-16H2,1H3;2-3,12-13H,4-11H2,1H3;5-6H,1-4H2;1-5,10-12H;3H,1,4-7H2,2H3;6H,2-5H2,1H3;2H,1H2;1H4;1H/b6-5+;3-2+;;;;;;;. The van der Waals surface area contributed by atoms with E-state index in [0.717, 1.165) is 176 Å². The molecule has 40 heteroatoms. The van der Waals surface area contributed by atoms with E-state index in [0.29, 0.717) is 139 Å². The van der Waals surface area contributed by atoms with Crippen LogP contribution in [0.1, 0.15) is 18.6 Å². The maximum atomic E-state index is 12.8. The van der Waals surface area contributed by atoms with Gasteiger partial charge in [-0.2, -0.15) is 9.97 Å². The van der Waals surface area contributed by atoms with E-state index in [1.165, 1.54) is 19.2 Å². The van der Waals surface area contributed by atoms with Crippen LogP contribution in [-0.4, -0.2) is 341 Å². The number of hydrogen-bond donors (Lipinski definition) is 5. The van der Waals surface area contributed by atoms with Crippen LogP contribution in [0.3, 0.4) is 0 Å². The van der Waals surface area contributed by atoms with Crippen LogP contribution in [0.5, 0.6) is 0 Å². The molecular weight excluding hydrogens is 1770 g/mol. The molecule has 7 aliphatic rings. The van der Waals surface area contributed by atoms with Gasteiger partial charge in [0, 0.05) is 214 Å². The summed E-state index contributed by atoms with van der Waals surface area (Å²) in [5, 5.41) is 25.3. The Labute approximate surface area is 762 Å². The molecule has 18 heterocycles. The number of hydrogen-bond acceptors (Lipinski definition) is 29. The normalized spacial score (nSPS) is 16.7. The number of amides is 3. The Balaban J connectivity index is 0.000000148. The van der Waals surface area contributed by atoms with Crippen molar-refractivity contribution in [1.82, 2.24) is 94.4 Å². The zero-order valence-electron chi connectivity index (χ0n) is 70.9. The van der Waals surface area contributed by atoms with Crippen LogP contribution in [0.25, 0.3) is 112 Å². The minimum absolute atomic E-state index is 0. The van der Waals surface area contributed by atoms with Crippen molar-refractivity contribution in [3.05, 3.63) is 161 Å². The van der Waals surface area contributed by atoms with Gasteiger partial charge in [0.05, 0.1) is 55.8 Å². The first-order chi connectivity index (χ1) is 61.1. The number of aromatic nitrogens is 11. The molecule has 3 amide bonds. The van der Waals surface area contributed by atoms with Crippen molar-refractivity contribution in [3.8, 4) is 11.4 Å². The maximum absolute atomic E-state index is 12.8. The second-order valence-corrected chi connectivity index (χ2v) is 32.6. The molecule has 0 bridgehead atoms. The lowest BCUT2D eigenvalue weighted by Gasteiger charge is -2.31. The summed E-state index contributed by atoms with van der Waals surface area (Å²) in [4.78, 5) is 114. The predicted octanol–water partition coefficient (Wildman–Crippen LogP) is 9.66. The molecule has 5 N–H and O–H groups in total. The van der Waals surface area contributed by atoms with Crippen molar-refractivity contribution in [1.29, 1.82) is 0 Å². The molecule has 0 spiro atoms. The largest absolute Gasteiger partial charge is 0.489 e. The van der Waals surface area contributed by atoms with Gasteiger partial charge in [-0.25, -0.2) is 34.9 Å². The van der Waals surface area contributed by atoms with Gasteiger partial charge in [0.15, 0.2) is 40.0 Å². The first-order valence-electron chi connectivity index (χ1n) is 41.5. The summed E-state index contributed by atoms with van der Waals surface area (Å²) in [6, 6.07) is 21.1. The van der Waals surface area contributed by atoms with Gasteiger partial charge in [0.25, 0.3) is 0 Å². The van der Waals surface area contributed by atoms with Crippen LogP contribution in [0.2, 0.25) is 10.6 Å². The number of ether oxygens (including phenoxy) is 3. The number of nitrogens with zero attached hydrogens (tertiary/aromatic N) is 19. The number of allylic oxidation sites excluding steroid dienone is 1. The molecule has 2 aromatic carbocycles. The Bertz CT molecular complexity index is 6050. The van der Waals surface area contributed by atoms with E-state index in [-0.39, 0.29) is 40.4 Å². The Morgan fingerprint density at radius 3 is 1.27 bits per heavy atom. The second-order valence-electron chi connectivity index (χ2n) is 30.6. The number of furan rings is 3. The van der Waals surface area contributed by atoms with E-state index in [9.17, 15) is 19.2 Å². The van der Waals surface area contributed by atoms with Crippen molar-refractivity contribution in [3.63, 3.8) is 0 Å². The maximum Gasteiger partial charge on any atom is 0.489 e. The summed E-state index contributed by atoms with van der Waals surface area (Å²) in [5.74, 6) is 2.79. The molecule has 20 rings (SSSR count). The number of aromatic amines is 2. The average molecular weight is 1880 g/mol. The zero-order valence-corrected chi connectivity index (χ0v) is 74.7. The van der Waals surface area contributed by atoms with Gasteiger partial charge in [0.1, 0.15) is 16.6 Å². The molecule has 0 aliphatic carbocycles. The fourth-order valence-corrected chi connectivity index (χ4v) is 15.6. The molecule has 0 atom stereocenters. The van der Waals surface area contributed by atoms with E-state index in [1.807, 2.05) is 81.6 Å². The molecule has 0 radical (unpaired) electrons. The van der Waals surface area contributed by atoms with Crippen LogP contribution in [0.15, 0.2) is 153 Å². The third-order valence-electron chi connectivity index (χ3n) is 22.0. The van der Waals surface area contributed by atoms with Crippen LogP contribution >= 0.6 is 50.7 Å². The molecule has 676 valence electrons. The summed E-state index contributed by atoms with van der Waals surface area (Å²) in [6.45, 7) is 29.5. The van der Waals surface area contributed by atoms with Crippen LogP contribution in [0, 0.1) is 0 Å². The van der Waals surface area contributed by atoms with E-state index in [2.05, 4.69) is 142 Å². The number of likely N-dealkylation sites (N-methyl/N-ethyl adjacent to an activating group) is 4. The van der Waals surface area contributed by atoms with Crippen molar-refractivity contribution in [2.24, 2.45) is 0 Å². The summed E-state index contributed by atoms with van der Waals surface area (Å²) < 4.78 is 35.4. The summed E-state index contributed by atoms with van der Waals surface area (Å²) in [5.41, 5.74) is 10.3. The predicted molar refractivity (Wildman–Crippen MR) is 505 cm³/mol. The number of anilines is 3. The monoisotopic (exact) mass is 1870 g/mol. The van der Waals surface area contributed by atoms with Gasteiger partial charge in [-0.1, -0.05) is 44.8 Å². The topological polar surface area (TPSA) is 368 Å². The van der Waals surface area contributed by atoms with Crippen LogP contribution < -0.4 is 25.5 Å². The zero-order chi connectivity index (χ0) is 88.3. The number of nitrogens with one attached hydrogen (secondary N) is 3. The number of morpholine rings is 3. The van der Waals surface area contributed by atoms with Crippen LogP contribution in [0.4, 0.5) is 22.2 Å². The van der Waals surface area contributed by atoms with E-state index in [1.54, 1.807) is 55.1 Å². The number of rotatable bonds is 11. The number of halogens is 5. The fraction of sp³-hybridized carbons (Fsp3) is 0.375. The molecule has 7 fully saturated rings. The van der Waals surface area contributed by atoms with Gasteiger partial charge >= 0.3 is 7.12 Å². The van der Waals surface area contributed by atoms with E-state index < -0.39 is 12.4 Å². The Morgan fingerprint density at radius 2 is 0.852 bits per heavy atom. The van der Waals surface area contributed by atoms with Crippen molar-refractivity contribution >= 4 is 204 Å². The van der Waals surface area contributed by atoms with Gasteiger partial charge in [-0.15, -0.1) is 0 Å². The van der Waals surface area contributed by atoms with Crippen molar-refractivity contribution < 1.29 is 61.4 Å². The molecular formula is C88H104BBrCl3FN22O12. The third-order valence-corrected chi connectivity index (χ3v) is 23.0. The van der Waals surface area contributed by atoms with Crippen molar-refractivity contribution in [2.75, 3.05) is 227 Å². The molecule has 34 nitrogen and oxygen atoms in total. The van der Waals surface area contributed by atoms with E-state index in [4.69, 9.17) is 82.3 Å². The number of fused-ring (bicyclic) bond motifs is 11. The highest BCUT2D eigenvalue weighted by Gasteiger charge is 2.29. The lowest BCUT2D eigenvalue weighted by molar-refractivity contribution is -0.128. The number of pyridine rings is 3. The fourth-order valence-electron chi connectivity index (χ4n) is 14.9. The minimum Gasteiger partial charge on any atom is -0.432 e. The first kappa shape index (κ1) is 96.1. The number of carbonyl (C=O) groups is 4.